The highest BCUT2D eigenvalue weighted by Gasteiger charge is 2.24. The molecule has 0 radical (unpaired) electrons. The van der Waals surface area contributed by atoms with Gasteiger partial charge in [-0.1, -0.05) is 65.8 Å². The monoisotopic (exact) mass is 583 g/mol. The molecule has 44 heavy (non-hydrogen) atoms. The number of rotatable bonds is 4. The Morgan fingerprint density at radius 3 is 2.20 bits per heavy atom. The normalized spacial score (nSPS) is 14.9. The van der Waals surface area contributed by atoms with Crippen LogP contribution >= 0.6 is 0 Å². The molecule has 7 rings (SSSR count). The van der Waals surface area contributed by atoms with Gasteiger partial charge < -0.3 is 14.5 Å². The highest BCUT2D eigenvalue weighted by molar-refractivity contribution is 6.09. The van der Waals surface area contributed by atoms with Crippen molar-refractivity contribution in [2.45, 2.75) is 52.4 Å². The van der Waals surface area contributed by atoms with Crippen LogP contribution in [0.4, 0.5) is 17.1 Å². The van der Waals surface area contributed by atoms with Crippen molar-refractivity contribution >= 4 is 38.9 Å². The summed E-state index contributed by atoms with van der Waals surface area (Å²) in [6.07, 6.45) is 1.90. The number of pyridine rings is 1. The van der Waals surface area contributed by atoms with Gasteiger partial charge in [0.05, 0.1) is 29.1 Å². The van der Waals surface area contributed by atoms with Gasteiger partial charge in [-0.2, -0.15) is 0 Å². The molecule has 0 saturated heterocycles. The Morgan fingerprint density at radius 2 is 1.43 bits per heavy atom. The van der Waals surface area contributed by atoms with Crippen molar-refractivity contribution in [3.05, 3.63) is 114 Å². The topological polar surface area (TPSA) is 33.5 Å². The first-order chi connectivity index (χ1) is 22.2. The number of hydrogen-bond acceptors (Lipinski definition) is 4. The first kappa shape index (κ1) is 24.6. The van der Waals surface area contributed by atoms with Gasteiger partial charge >= 0.3 is 0 Å². The molecule has 5 heteroatoms. The van der Waals surface area contributed by atoms with E-state index >= 15 is 0 Å². The molecule has 1 aliphatic rings. The van der Waals surface area contributed by atoms with E-state index < -0.39 is 6.98 Å². The lowest BCUT2D eigenvalue weighted by molar-refractivity contribution is 0.483. The van der Waals surface area contributed by atoms with E-state index in [0.29, 0.717) is 17.2 Å². The molecule has 6 aromatic rings. The van der Waals surface area contributed by atoms with Gasteiger partial charge in [0.15, 0.2) is 0 Å². The van der Waals surface area contributed by atoms with Gasteiger partial charge in [0.25, 0.3) is 0 Å². The summed E-state index contributed by atoms with van der Waals surface area (Å²) in [6, 6.07) is 32.7. The molecule has 0 saturated carbocycles. The largest absolute Gasteiger partial charge is 0.457 e. The van der Waals surface area contributed by atoms with Crippen molar-refractivity contribution in [3.8, 4) is 17.3 Å². The van der Waals surface area contributed by atoms with Crippen LogP contribution in [0.15, 0.2) is 103 Å². The molecule has 1 aliphatic heterocycles. The number of benzene rings is 4. The number of ether oxygens (including phenoxy) is 1. The SMILES string of the molecule is [2H]C([2H])([2H])N1CN(c2cccc(Oc3ccc4c5cc(C(C)(C)C)ccc5n(-c5cc(C(C)(C)C)ccn5)c4c3)c2)c2ccccc21. The van der Waals surface area contributed by atoms with Crippen LogP contribution in [0, 0.1) is 0 Å². The van der Waals surface area contributed by atoms with Crippen molar-refractivity contribution in [2.24, 2.45) is 0 Å². The van der Waals surface area contributed by atoms with Gasteiger partial charge in [-0.05, 0) is 82.6 Å². The Balaban J connectivity index is 1.31. The number of hydrogen-bond donors (Lipinski definition) is 0. The van der Waals surface area contributed by atoms with Gasteiger partial charge in [-0.3, -0.25) is 4.57 Å². The zero-order valence-corrected chi connectivity index (χ0v) is 26.2. The average molecular weight is 584 g/mol. The average Bonchev–Trinajstić information content (AvgIpc) is 3.56. The van der Waals surface area contributed by atoms with E-state index in [-0.39, 0.29) is 17.5 Å². The van der Waals surface area contributed by atoms with Crippen LogP contribution in [0.5, 0.6) is 11.5 Å². The van der Waals surface area contributed by atoms with Crippen molar-refractivity contribution in [1.82, 2.24) is 9.55 Å². The van der Waals surface area contributed by atoms with Crippen molar-refractivity contribution < 1.29 is 8.85 Å². The van der Waals surface area contributed by atoms with E-state index in [1.54, 1.807) is 0 Å². The number of para-hydroxylation sites is 2. The second-order valence-electron chi connectivity index (χ2n) is 13.7. The predicted octanol–water partition coefficient (Wildman–Crippen LogP) is 10.1. The lowest BCUT2D eigenvalue weighted by Crippen LogP contribution is -2.23. The van der Waals surface area contributed by atoms with Crippen LogP contribution in [0.1, 0.15) is 56.8 Å². The van der Waals surface area contributed by atoms with Crippen LogP contribution in [0.3, 0.4) is 0 Å². The minimum absolute atomic E-state index is 0.0114. The number of nitrogens with zero attached hydrogens (tertiary/aromatic N) is 4. The quantitative estimate of drug-likeness (QED) is 0.207. The molecule has 0 bridgehead atoms. The third kappa shape index (κ3) is 4.86. The molecule has 2 aromatic heterocycles. The molecule has 4 aromatic carbocycles. The van der Waals surface area contributed by atoms with E-state index in [9.17, 15) is 0 Å². The zero-order chi connectivity index (χ0) is 33.3. The molecule has 0 fully saturated rings. The maximum absolute atomic E-state index is 8.07. The maximum atomic E-state index is 8.07. The smallest absolute Gasteiger partial charge is 0.137 e. The third-order valence-corrected chi connectivity index (χ3v) is 8.56. The van der Waals surface area contributed by atoms with Crippen LogP contribution in [-0.2, 0) is 10.8 Å². The minimum Gasteiger partial charge on any atom is -0.457 e. The zero-order valence-electron chi connectivity index (χ0n) is 29.2. The molecular weight excluding hydrogens is 540 g/mol. The van der Waals surface area contributed by atoms with Gasteiger partial charge in [-0.15, -0.1) is 0 Å². The summed E-state index contributed by atoms with van der Waals surface area (Å²) >= 11 is 0. The number of aromatic nitrogens is 2. The highest BCUT2D eigenvalue weighted by Crippen LogP contribution is 2.41. The highest BCUT2D eigenvalue weighted by atomic mass is 16.5. The summed E-state index contributed by atoms with van der Waals surface area (Å²) in [5.74, 6) is 2.23. The summed E-state index contributed by atoms with van der Waals surface area (Å²) in [4.78, 5) is 8.32. The first-order valence-corrected chi connectivity index (χ1v) is 15.2. The van der Waals surface area contributed by atoms with E-state index in [4.69, 9.17) is 13.8 Å². The van der Waals surface area contributed by atoms with Crippen LogP contribution < -0.4 is 14.5 Å². The molecular formula is C39H40N4O. The summed E-state index contributed by atoms with van der Waals surface area (Å²) in [6.45, 7) is 11.3. The number of anilines is 3. The Morgan fingerprint density at radius 1 is 0.682 bits per heavy atom. The molecule has 222 valence electrons. The fraction of sp³-hybridized carbons (Fsp3) is 0.256. The summed E-state index contributed by atoms with van der Waals surface area (Å²) < 4.78 is 33.0. The van der Waals surface area contributed by atoms with Crippen molar-refractivity contribution in [2.75, 3.05) is 23.4 Å². The van der Waals surface area contributed by atoms with E-state index in [1.165, 1.54) is 21.4 Å². The fourth-order valence-electron chi connectivity index (χ4n) is 6.07. The van der Waals surface area contributed by atoms with E-state index in [1.807, 2.05) is 65.7 Å². The Hall–Kier alpha value is -4.77. The molecule has 0 aliphatic carbocycles. The van der Waals surface area contributed by atoms with E-state index in [0.717, 1.165) is 33.6 Å². The Kier molecular flexibility index (Phi) is 5.69. The van der Waals surface area contributed by atoms with Crippen LogP contribution in [0.25, 0.3) is 27.6 Å². The summed E-state index contributed by atoms with van der Waals surface area (Å²) in [5.41, 5.74) is 6.99. The van der Waals surface area contributed by atoms with Crippen LogP contribution in [-0.4, -0.2) is 23.2 Å². The predicted molar refractivity (Wildman–Crippen MR) is 184 cm³/mol. The van der Waals surface area contributed by atoms with Crippen molar-refractivity contribution in [1.29, 1.82) is 0 Å². The number of fused-ring (bicyclic) bond motifs is 4. The van der Waals surface area contributed by atoms with Gasteiger partial charge in [0, 0.05) is 45.9 Å². The second-order valence-corrected chi connectivity index (χ2v) is 13.7. The van der Waals surface area contributed by atoms with E-state index in [2.05, 4.69) is 88.6 Å². The van der Waals surface area contributed by atoms with Crippen molar-refractivity contribution in [3.63, 3.8) is 0 Å². The van der Waals surface area contributed by atoms with Gasteiger partial charge in [0.2, 0.25) is 0 Å². The molecule has 5 nitrogen and oxygen atoms in total. The lowest BCUT2D eigenvalue weighted by atomic mass is 9.86. The summed E-state index contributed by atoms with van der Waals surface area (Å²) in [7, 11) is 0. The molecule has 0 spiro atoms. The minimum atomic E-state index is -2.25. The fourth-order valence-corrected chi connectivity index (χ4v) is 6.07. The first-order valence-electron chi connectivity index (χ1n) is 16.7. The van der Waals surface area contributed by atoms with Gasteiger partial charge in [-0.25, -0.2) is 4.98 Å². The van der Waals surface area contributed by atoms with Crippen LogP contribution in [0.2, 0.25) is 0 Å². The lowest BCUT2D eigenvalue weighted by Gasteiger charge is -2.20. The molecule has 0 amide bonds. The molecule has 0 N–H and O–H groups in total. The Labute approximate surface area is 264 Å². The standard InChI is InChI=1S/C39H40N4O/c1-38(2,3)26-15-18-33-32(21-26)31-17-16-30(24-36(31)43(33)37-22-27(19-20-40-37)39(4,5)6)44-29-12-10-11-28(23-29)42-25-41(7)34-13-8-9-14-35(34)42/h8-24H,25H2,1-7H3/i7D3. The van der Waals surface area contributed by atoms with Gasteiger partial charge in [0.1, 0.15) is 17.3 Å². The summed E-state index contributed by atoms with van der Waals surface area (Å²) in [5, 5.41) is 2.31. The third-order valence-electron chi connectivity index (χ3n) is 8.56. The molecule has 0 unspecified atom stereocenters. The second kappa shape index (κ2) is 10.2. The molecule has 3 heterocycles. The molecule has 0 atom stereocenters. The Bertz CT molecular complexity index is 2140. The maximum Gasteiger partial charge on any atom is 0.137 e.